The minimum Gasteiger partial charge on any atom is -0.489 e. The number of unbranched alkanes of at least 4 members (excludes halogenated alkanes) is 12. The van der Waals surface area contributed by atoms with Crippen LogP contribution in [0.15, 0.2) is 146 Å². The number of hydrogen-bond acceptors (Lipinski definition) is 28. The lowest BCUT2D eigenvalue weighted by Crippen LogP contribution is -2.18. The van der Waals surface area contributed by atoms with E-state index >= 15 is 0 Å². The highest BCUT2D eigenvalue weighted by Gasteiger charge is 2.27. The Kier molecular flexibility index (Phi) is 50.7. The van der Waals surface area contributed by atoms with Crippen molar-refractivity contribution in [1.82, 2.24) is 0 Å². The first-order chi connectivity index (χ1) is 61.8. The normalized spacial score (nSPS) is 11.6. The smallest absolute Gasteiger partial charge is 0.333 e. The van der Waals surface area contributed by atoms with E-state index in [2.05, 4.69) is 121 Å². The summed E-state index contributed by atoms with van der Waals surface area (Å²) >= 11 is 0. The first kappa shape index (κ1) is 106. The topological polar surface area (TPSA) is 353 Å². The van der Waals surface area contributed by atoms with E-state index in [1.165, 1.54) is 28.4 Å². The zero-order chi connectivity index (χ0) is 93.4. The quantitative estimate of drug-likeness (QED) is 0.0151. The van der Waals surface area contributed by atoms with Gasteiger partial charge in [-0.2, -0.15) is 0 Å². The van der Waals surface area contributed by atoms with Crippen LogP contribution in [0.1, 0.15) is 223 Å². The van der Waals surface area contributed by atoms with Crippen molar-refractivity contribution >= 4 is 71.6 Å². The van der Waals surface area contributed by atoms with E-state index in [4.69, 9.17) is 56.8 Å². The molecule has 5 rings (SSSR count). The Morgan fingerprint density at radius 3 is 0.594 bits per heavy atom. The number of carbonyl (C=O) groups is 12. The van der Waals surface area contributed by atoms with Gasteiger partial charge in [-0.05, 0) is 118 Å². The number of esters is 12. The summed E-state index contributed by atoms with van der Waals surface area (Å²) in [6.45, 7) is 21.5. The lowest BCUT2D eigenvalue weighted by Gasteiger charge is -2.25. The molecule has 0 heterocycles. The molecule has 4 aromatic rings. The van der Waals surface area contributed by atoms with Gasteiger partial charge in [0.05, 0.1) is 54.9 Å². The summed E-state index contributed by atoms with van der Waals surface area (Å²) in [5.74, 6) is -7.56. The molecule has 4 aromatic carbocycles. The number of fused-ring (bicyclic) bond motifs is 8. The van der Waals surface area contributed by atoms with Crippen LogP contribution in [0.4, 0.5) is 0 Å². The molecule has 128 heavy (non-hydrogen) atoms. The van der Waals surface area contributed by atoms with Crippen LogP contribution in [-0.4, -0.2) is 179 Å². The Morgan fingerprint density at radius 2 is 0.422 bits per heavy atom. The fourth-order valence-corrected chi connectivity index (χ4v) is 13.6. The number of benzene rings is 4. The molecule has 0 N–H and O–H groups in total. The lowest BCUT2D eigenvalue weighted by molar-refractivity contribution is -0.142. The largest absolute Gasteiger partial charge is 0.489 e. The fraction of sp³-hybridized carbons (Fsp3) is 0.480. The molecule has 696 valence electrons. The summed E-state index contributed by atoms with van der Waals surface area (Å²) < 4.78 is 90.9. The van der Waals surface area contributed by atoms with Crippen LogP contribution in [0.5, 0.6) is 23.0 Å². The van der Waals surface area contributed by atoms with E-state index in [0.717, 1.165) is 218 Å². The van der Waals surface area contributed by atoms with Crippen LogP contribution >= 0.6 is 0 Å². The highest BCUT2D eigenvalue weighted by Crippen LogP contribution is 2.42. The van der Waals surface area contributed by atoms with E-state index in [1.807, 2.05) is 0 Å². The van der Waals surface area contributed by atoms with Gasteiger partial charge in [0.1, 0.15) is 75.9 Å². The van der Waals surface area contributed by atoms with Crippen LogP contribution < -0.4 is 18.9 Å². The first-order valence-electron chi connectivity index (χ1n) is 44.0. The molecular weight excluding hydrogens is 1650 g/mol. The second-order valence-corrected chi connectivity index (χ2v) is 30.4. The van der Waals surface area contributed by atoms with Gasteiger partial charge in [0.15, 0.2) is 0 Å². The third-order valence-electron chi connectivity index (χ3n) is 20.2. The predicted octanol–water partition coefficient (Wildman–Crippen LogP) is 15.4. The standard InChI is InChI=1S/C100H128O28/c1-13-17-21-25-29-73-57-77-65-79-59-74(30-26-22-18-14-2)61-81(94(79)122-50-54-126-98(110)70(6)42-46-118-90(106)38-34-86(102)114-10)67-83-63-76(32-28-24-20-16-4)64-84(96(83)124-52-56-128-100(112)72(8)44-48-120-92(108)40-36-88(104)116-12)68-82-62-75(31-27-23-19-15-3)60-80(95(82)123-51-55-127-99(111)71(7)43-47-119-91(107)39-35-87(103)115-11)66-78(58-73)93(77)121-49-53-125-97(109)69(5)41-45-117-89(105)37-33-85(101)113-9/h33-40,57-64H,5-8,13-32,41-56,65-68H2,1-4,9-12H3/b37-33-,38-34-,39-35-,40-36-. The van der Waals surface area contributed by atoms with E-state index in [-0.39, 0.29) is 153 Å². The molecule has 0 amide bonds. The number of aryl methyl sites for hydroxylation is 4. The molecule has 0 unspecified atom stereocenters. The summed E-state index contributed by atoms with van der Waals surface area (Å²) in [4.78, 5) is 151. The minimum atomic E-state index is -0.836. The van der Waals surface area contributed by atoms with Crippen LogP contribution in [0.25, 0.3) is 0 Å². The lowest BCUT2D eigenvalue weighted by atomic mass is 9.87. The maximum absolute atomic E-state index is 13.7. The predicted molar refractivity (Wildman–Crippen MR) is 478 cm³/mol. The van der Waals surface area contributed by atoms with Gasteiger partial charge in [-0.25, -0.2) is 57.5 Å². The van der Waals surface area contributed by atoms with E-state index in [9.17, 15) is 57.5 Å². The Labute approximate surface area is 752 Å². The monoisotopic (exact) mass is 1780 g/mol. The number of hydrogen-bond donors (Lipinski definition) is 0. The molecule has 0 fully saturated rings. The van der Waals surface area contributed by atoms with Crippen molar-refractivity contribution < 1.29 is 133 Å². The molecule has 0 aromatic heterocycles. The third kappa shape index (κ3) is 41.0. The summed E-state index contributed by atoms with van der Waals surface area (Å²) in [5.41, 5.74) is 9.97. The summed E-state index contributed by atoms with van der Waals surface area (Å²) in [5, 5.41) is 0. The molecule has 8 bridgehead atoms. The Hall–Kier alpha value is -12.4. The van der Waals surface area contributed by atoms with Crippen molar-refractivity contribution in [2.75, 3.05) is 108 Å². The molecule has 0 aliphatic heterocycles. The van der Waals surface area contributed by atoms with Crippen LogP contribution in [0.3, 0.4) is 0 Å². The molecule has 28 nitrogen and oxygen atoms in total. The van der Waals surface area contributed by atoms with E-state index in [0.29, 0.717) is 48.7 Å². The molecule has 0 saturated heterocycles. The van der Waals surface area contributed by atoms with Gasteiger partial charge in [-0.15, -0.1) is 0 Å². The van der Waals surface area contributed by atoms with Crippen LogP contribution in [0.2, 0.25) is 0 Å². The van der Waals surface area contributed by atoms with Gasteiger partial charge in [0.25, 0.3) is 0 Å². The maximum Gasteiger partial charge on any atom is 0.333 e. The van der Waals surface area contributed by atoms with Gasteiger partial charge >= 0.3 is 71.6 Å². The third-order valence-corrected chi connectivity index (χ3v) is 20.2. The molecule has 1 aliphatic rings. The second kappa shape index (κ2) is 61.1. The molecule has 28 heteroatoms. The first-order valence-corrected chi connectivity index (χ1v) is 44.0. The van der Waals surface area contributed by atoms with Gasteiger partial charge in [-0.3, -0.25) is 0 Å². The number of rotatable bonds is 60. The van der Waals surface area contributed by atoms with Crippen molar-refractivity contribution in [3.05, 3.63) is 213 Å². The molecule has 0 spiro atoms. The highest BCUT2D eigenvalue weighted by atomic mass is 16.6. The molecular formula is C100H128O28. The van der Waals surface area contributed by atoms with Gasteiger partial charge in [0.2, 0.25) is 0 Å². The van der Waals surface area contributed by atoms with Gasteiger partial charge in [0, 0.05) is 122 Å². The van der Waals surface area contributed by atoms with Crippen LogP contribution in [0, 0.1) is 0 Å². The zero-order valence-corrected chi connectivity index (χ0v) is 75.8. The second-order valence-electron chi connectivity index (χ2n) is 30.4. The Balaban J connectivity index is 1.85. The van der Waals surface area contributed by atoms with Gasteiger partial charge in [-0.1, -0.05) is 180 Å². The number of carbonyl (C=O) groups excluding carboxylic acids is 12. The maximum atomic E-state index is 13.7. The Morgan fingerprint density at radius 1 is 0.242 bits per heavy atom. The number of ether oxygens (including phenoxy) is 16. The summed E-state index contributed by atoms with van der Waals surface area (Å²) in [7, 11) is 4.66. The van der Waals surface area contributed by atoms with Crippen molar-refractivity contribution in [2.45, 2.75) is 207 Å². The average Bonchev–Trinajstić information content (AvgIpc) is 0.773. The molecule has 0 radical (unpaired) electrons. The SMILES string of the molecule is C=C(CCOC(=O)/C=C\C(=O)OC)C(=O)OCCOc1c2cc(CCCCCC)cc1Cc1cc(CCCCCC)cc(c1OCCOC(=O)C(=C)CCOC(=O)/C=C\C(=O)OC)Cc1cc(CCCCCC)cc(c1OCCOC(=O)C(=C)CCOC(=O)/C=C\C(=O)OC)Cc1cc(CCCCCC)cc(c1OCCOC(=O)C(=C)CCOC(=O)/C=C\C(=O)OC)C2. The number of methoxy groups -OCH3 is 4. The fourth-order valence-electron chi connectivity index (χ4n) is 13.6. The minimum absolute atomic E-state index is 0.00395. The van der Waals surface area contributed by atoms with Crippen molar-refractivity contribution in [1.29, 1.82) is 0 Å². The highest BCUT2D eigenvalue weighted by molar-refractivity contribution is 5.94. The van der Waals surface area contributed by atoms with Crippen molar-refractivity contribution in [3.8, 4) is 23.0 Å². The van der Waals surface area contributed by atoms with Crippen molar-refractivity contribution in [3.63, 3.8) is 0 Å². The molecule has 1 aliphatic carbocycles. The average molecular weight is 1780 g/mol. The van der Waals surface area contributed by atoms with Gasteiger partial charge < -0.3 is 75.8 Å². The zero-order valence-electron chi connectivity index (χ0n) is 75.8. The van der Waals surface area contributed by atoms with E-state index in [1.54, 1.807) is 0 Å². The summed E-state index contributed by atoms with van der Waals surface area (Å²) in [6, 6.07) is 17.2. The van der Waals surface area contributed by atoms with Crippen LogP contribution in [-0.2, 0) is 166 Å². The van der Waals surface area contributed by atoms with E-state index < -0.39 is 71.6 Å². The molecule has 0 atom stereocenters. The Bertz CT molecular complexity index is 3890. The summed E-state index contributed by atoms with van der Waals surface area (Å²) in [6.07, 6.45) is 25.5. The van der Waals surface area contributed by atoms with Crippen molar-refractivity contribution in [2.24, 2.45) is 0 Å². The molecule has 0 saturated carbocycles.